The molecule has 5 nitrogen and oxygen atoms in total. The maximum Gasteiger partial charge on any atom is 0.232 e. The number of carbonyl (C=O) groups is 2. The number of anilines is 1. The van der Waals surface area contributed by atoms with Crippen molar-refractivity contribution in [3.05, 3.63) is 64.8 Å². The van der Waals surface area contributed by atoms with Crippen molar-refractivity contribution < 1.29 is 9.59 Å². The maximum atomic E-state index is 13.2. The third-order valence-electron chi connectivity index (χ3n) is 5.93. The minimum absolute atomic E-state index is 0.0292. The van der Waals surface area contributed by atoms with Crippen LogP contribution in [-0.4, -0.2) is 41.3 Å². The molecule has 1 fully saturated rings. The van der Waals surface area contributed by atoms with Gasteiger partial charge in [-0.05, 0) is 55.7 Å². The van der Waals surface area contributed by atoms with Gasteiger partial charge in [0.15, 0.2) is 0 Å². The minimum Gasteiger partial charge on any atom is -0.361 e. The predicted molar refractivity (Wildman–Crippen MR) is 121 cm³/mol. The van der Waals surface area contributed by atoms with E-state index in [2.05, 4.69) is 4.98 Å². The molecule has 2 amide bonds. The van der Waals surface area contributed by atoms with Crippen molar-refractivity contribution in [2.75, 3.05) is 24.5 Å². The zero-order chi connectivity index (χ0) is 21.3. The Labute approximate surface area is 181 Å². The molecule has 0 aliphatic carbocycles. The Balaban J connectivity index is 1.44. The number of carbonyl (C=O) groups excluding carboxylic acids is 2. The highest BCUT2D eigenvalue weighted by Crippen LogP contribution is 2.27. The third kappa shape index (κ3) is 3.94. The molecule has 4 rings (SSSR count). The van der Waals surface area contributed by atoms with Gasteiger partial charge in [-0.2, -0.15) is 0 Å². The van der Waals surface area contributed by atoms with Gasteiger partial charge in [-0.15, -0.1) is 0 Å². The number of fused-ring (bicyclic) bond motifs is 1. The van der Waals surface area contributed by atoms with Crippen LogP contribution in [0.4, 0.5) is 5.69 Å². The number of nitrogens with one attached hydrogen (secondary N) is 1. The Bertz CT molecular complexity index is 1090. The highest BCUT2D eigenvalue weighted by Gasteiger charge is 2.36. The van der Waals surface area contributed by atoms with Crippen LogP contribution in [0.5, 0.6) is 0 Å². The molecule has 0 bridgehead atoms. The number of aryl methyl sites for hydroxylation is 1. The summed E-state index contributed by atoms with van der Waals surface area (Å²) in [6.07, 6.45) is 2.98. The number of nitrogens with zero attached hydrogens (tertiary/aromatic N) is 2. The van der Waals surface area contributed by atoms with E-state index in [1.54, 1.807) is 4.90 Å². The van der Waals surface area contributed by atoms with Crippen molar-refractivity contribution >= 4 is 40.0 Å². The lowest BCUT2D eigenvalue weighted by Gasteiger charge is -2.26. The van der Waals surface area contributed by atoms with Gasteiger partial charge in [-0.1, -0.05) is 29.8 Å². The van der Waals surface area contributed by atoms with E-state index in [9.17, 15) is 9.59 Å². The zero-order valence-corrected chi connectivity index (χ0v) is 18.1. The summed E-state index contributed by atoms with van der Waals surface area (Å²) in [6.45, 7) is 5.64. The molecule has 1 saturated heterocycles. The Morgan fingerprint density at radius 2 is 2.07 bits per heavy atom. The molecule has 1 atom stereocenters. The molecule has 30 heavy (non-hydrogen) atoms. The van der Waals surface area contributed by atoms with Crippen molar-refractivity contribution in [1.29, 1.82) is 0 Å². The van der Waals surface area contributed by atoms with Crippen LogP contribution in [0.3, 0.4) is 0 Å². The fourth-order valence-electron chi connectivity index (χ4n) is 4.30. The van der Waals surface area contributed by atoms with Gasteiger partial charge in [0.2, 0.25) is 11.8 Å². The number of aromatic amines is 1. The number of hydrogen-bond acceptors (Lipinski definition) is 2. The van der Waals surface area contributed by atoms with E-state index in [-0.39, 0.29) is 24.2 Å². The summed E-state index contributed by atoms with van der Waals surface area (Å²) in [6, 6.07) is 13.6. The first-order valence-corrected chi connectivity index (χ1v) is 10.8. The molecule has 3 aromatic rings. The van der Waals surface area contributed by atoms with Gasteiger partial charge >= 0.3 is 0 Å². The number of likely N-dealkylation sites (tertiary alicyclic amines) is 1. The Morgan fingerprint density at radius 3 is 2.83 bits per heavy atom. The third-order valence-corrected chi connectivity index (χ3v) is 6.17. The summed E-state index contributed by atoms with van der Waals surface area (Å²) in [7, 11) is 0. The Hall–Kier alpha value is -2.79. The van der Waals surface area contributed by atoms with E-state index >= 15 is 0 Å². The fourth-order valence-corrected chi connectivity index (χ4v) is 4.47. The number of halogens is 1. The molecular weight excluding hydrogens is 398 g/mol. The fraction of sp³-hybridized carbons (Fsp3) is 0.333. The molecule has 6 heteroatoms. The van der Waals surface area contributed by atoms with Crippen molar-refractivity contribution in [2.24, 2.45) is 5.92 Å². The lowest BCUT2D eigenvalue weighted by Crippen LogP contribution is -2.38. The first kappa shape index (κ1) is 20.5. The number of aromatic nitrogens is 1. The summed E-state index contributed by atoms with van der Waals surface area (Å²) in [5.41, 5.74) is 4.15. The summed E-state index contributed by atoms with van der Waals surface area (Å²) < 4.78 is 0. The molecule has 1 unspecified atom stereocenters. The molecule has 0 radical (unpaired) electrons. The topological polar surface area (TPSA) is 56.4 Å². The highest BCUT2D eigenvalue weighted by atomic mass is 35.5. The van der Waals surface area contributed by atoms with E-state index in [0.717, 1.165) is 34.1 Å². The zero-order valence-electron chi connectivity index (χ0n) is 17.3. The monoisotopic (exact) mass is 423 g/mol. The van der Waals surface area contributed by atoms with Crippen LogP contribution in [0, 0.1) is 12.8 Å². The number of rotatable bonds is 6. The number of H-pyrrole nitrogens is 1. The van der Waals surface area contributed by atoms with E-state index in [4.69, 9.17) is 11.6 Å². The summed E-state index contributed by atoms with van der Waals surface area (Å²) in [5.74, 6) is -0.219. The molecule has 0 saturated carbocycles. The van der Waals surface area contributed by atoms with E-state index < -0.39 is 0 Å². The van der Waals surface area contributed by atoms with Gasteiger partial charge in [0, 0.05) is 53.9 Å². The summed E-state index contributed by atoms with van der Waals surface area (Å²) >= 11 is 6.14. The SMILES string of the molecule is CCN(C(=O)C1CC(=O)N(CCc2c[nH]c3ccc(Cl)cc23)C1)c1ccccc1C. The van der Waals surface area contributed by atoms with Crippen molar-refractivity contribution in [2.45, 2.75) is 26.7 Å². The molecule has 2 aromatic carbocycles. The van der Waals surface area contributed by atoms with Gasteiger partial charge in [0.25, 0.3) is 0 Å². The number of hydrogen-bond donors (Lipinski definition) is 1. The van der Waals surface area contributed by atoms with Crippen LogP contribution in [-0.2, 0) is 16.0 Å². The lowest BCUT2D eigenvalue weighted by molar-refractivity contribution is -0.128. The summed E-state index contributed by atoms with van der Waals surface area (Å²) in [5, 5.41) is 1.78. The molecule has 156 valence electrons. The second kappa shape index (κ2) is 8.52. The lowest BCUT2D eigenvalue weighted by atomic mass is 10.1. The van der Waals surface area contributed by atoms with Crippen LogP contribution in [0.25, 0.3) is 10.9 Å². The van der Waals surface area contributed by atoms with Gasteiger partial charge in [0.1, 0.15) is 0 Å². The van der Waals surface area contributed by atoms with Crippen molar-refractivity contribution in [1.82, 2.24) is 9.88 Å². The van der Waals surface area contributed by atoms with Gasteiger partial charge < -0.3 is 14.8 Å². The average Bonchev–Trinajstić information content (AvgIpc) is 3.31. The molecule has 1 aromatic heterocycles. The van der Waals surface area contributed by atoms with E-state index in [1.807, 2.05) is 67.4 Å². The number of amides is 2. The standard InChI is InChI=1S/C24H26ClN3O2/c1-3-28(22-7-5-4-6-16(22)2)24(30)18-12-23(29)27(15-18)11-10-17-14-26-21-9-8-19(25)13-20(17)21/h4-9,13-14,18,26H,3,10-12,15H2,1-2H3. The minimum atomic E-state index is -0.297. The number of benzene rings is 2. The molecule has 2 heterocycles. The molecule has 1 N–H and O–H groups in total. The smallest absolute Gasteiger partial charge is 0.232 e. The van der Waals surface area contributed by atoms with Crippen LogP contribution < -0.4 is 4.90 Å². The van der Waals surface area contributed by atoms with Crippen LogP contribution in [0.15, 0.2) is 48.7 Å². The van der Waals surface area contributed by atoms with E-state index in [1.165, 1.54) is 0 Å². The largest absolute Gasteiger partial charge is 0.361 e. The molecule has 1 aliphatic rings. The van der Waals surface area contributed by atoms with Crippen LogP contribution in [0.1, 0.15) is 24.5 Å². The first-order chi connectivity index (χ1) is 14.5. The second-order valence-corrected chi connectivity index (χ2v) is 8.30. The molecule has 1 aliphatic heterocycles. The van der Waals surface area contributed by atoms with Gasteiger partial charge in [0.05, 0.1) is 5.92 Å². The quantitative estimate of drug-likeness (QED) is 0.631. The average molecular weight is 424 g/mol. The van der Waals surface area contributed by atoms with Crippen LogP contribution in [0.2, 0.25) is 5.02 Å². The maximum absolute atomic E-state index is 13.2. The van der Waals surface area contributed by atoms with Gasteiger partial charge in [-0.25, -0.2) is 0 Å². The second-order valence-electron chi connectivity index (χ2n) is 7.86. The highest BCUT2D eigenvalue weighted by molar-refractivity contribution is 6.31. The number of para-hydroxylation sites is 1. The first-order valence-electron chi connectivity index (χ1n) is 10.4. The molecule has 0 spiro atoms. The van der Waals surface area contributed by atoms with Crippen molar-refractivity contribution in [3.63, 3.8) is 0 Å². The van der Waals surface area contributed by atoms with Gasteiger partial charge in [-0.3, -0.25) is 9.59 Å². The van der Waals surface area contributed by atoms with Crippen LogP contribution >= 0.6 is 11.6 Å². The van der Waals surface area contributed by atoms with E-state index in [0.29, 0.717) is 24.7 Å². The van der Waals surface area contributed by atoms with Crippen molar-refractivity contribution in [3.8, 4) is 0 Å². The molecular formula is C24H26ClN3O2. The summed E-state index contributed by atoms with van der Waals surface area (Å²) in [4.78, 5) is 32.7. The Morgan fingerprint density at radius 1 is 1.27 bits per heavy atom. The normalized spacial score (nSPS) is 16.4. The predicted octanol–water partition coefficient (Wildman–Crippen LogP) is 4.57. The Kier molecular flexibility index (Phi) is 5.82.